The second-order valence-electron chi connectivity index (χ2n) is 3.96. The fourth-order valence-corrected chi connectivity index (χ4v) is 2.36. The molecule has 2 aromatic rings. The molecule has 0 fully saturated rings. The lowest BCUT2D eigenvalue weighted by Gasteiger charge is -2.03. The van der Waals surface area contributed by atoms with E-state index >= 15 is 0 Å². The highest BCUT2D eigenvalue weighted by Crippen LogP contribution is 2.10. The number of nitrogens with one attached hydrogen (secondary N) is 1. The molecule has 94 valence electrons. The maximum absolute atomic E-state index is 11.7. The quantitative estimate of drug-likeness (QED) is 0.840. The van der Waals surface area contributed by atoms with Crippen molar-refractivity contribution in [3.05, 3.63) is 46.2 Å². The van der Waals surface area contributed by atoms with E-state index in [-0.39, 0.29) is 5.91 Å². The predicted octanol–water partition coefficient (Wildman–Crippen LogP) is 2.21. The van der Waals surface area contributed by atoms with Gasteiger partial charge in [0.05, 0.1) is 5.01 Å². The van der Waals surface area contributed by atoms with Gasteiger partial charge in [-0.3, -0.25) is 9.78 Å². The summed E-state index contributed by atoms with van der Waals surface area (Å²) in [6, 6.07) is 5.31. The lowest BCUT2D eigenvalue weighted by atomic mass is 10.3. The number of aryl methyl sites for hydroxylation is 2. The number of nitrogens with zero attached hydrogens (tertiary/aromatic N) is 2. The number of rotatable bonds is 5. The number of thiazole rings is 1. The van der Waals surface area contributed by atoms with Gasteiger partial charge < -0.3 is 5.32 Å². The van der Waals surface area contributed by atoms with Crippen LogP contribution in [0.2, 0.25) is 0 Å². The van der Waals surface area contributed by atoms with Gasteiger partial charge in [-0.25, -0.2) is 4.98 Å². The summed E-state index contributed by atoms with van der Waals surface area (Å²) in [6.07, 6.45) is 3.42. The van der Waals surface area contributed by atoms with Gasteiger partial charge in [-0.05, 0) is 25.5 Å². The zero-order chi connectivity index (χ0) is 12.8. The first kappa shape index (κ1) is 12.7. The van der Waals surface area contributed by atoms with Crippen molar-refractivity contribution in [2.45, 2.75) is 19.8 Å². The first-order valence-corrected chi connectivity index (χ1v) is 6.74. The lowest BCUT2D eigenvalue weighted by molar-refractivity contribution is 0.0948. The number of hydrogen-bond acceptors (Lipinski definition) is 4. The summed E-state index contributed by atoms with van der Waals surface area (Å²) in [5, 5.41) is 6.02. The fraction of sp³-hybridized carbons (Fsp3) is 0.308. The molecule has 4 nitrogen and oxygen atoms in total. The van der Waals surface area contributed by atoms with Crippen LogP contribution in [0.3, 0.4) is 0 Å². The highest BCUT2D eigenvalue weighted by molar-refractivity contribution is 7.09. The molecule has 2 heterocycles. The molecule has 0 aromatic carbocycles. The minimum absolute atomic E-state index is 0.120. The molecule has 0 radical (unpaired) electrons. The van der Waals surface area contributed by atoms with Gasteiger partial charge >= 0.3 is 0 Å². The molecule has 18 heavy (non-hydrogen) atoms. The summed E-state index contributed by atoms with van der Waals surface area (Å²) in [7, 11) is 0. The maximum Gasteiger partial charge on any atom is 0.269 e. The van der Waals surface area contributed by atoms with Crippen LogP contribution >= 0.6 is 11.3 Å². The van der Waals surface area contributed by atoms with Gasteiger partial charge in [0.15, 0.2) is 0 Å². The van der Waals surface area contributed by atoms with E-state index in [2.05, 4.69) is 15.3 Å². The molecule has 2 aromatic heterocycles. The minimum atomic E-state index is -0.120. The van der Waals surface area contributed by atoms with Gasteiger partial charge in [0.1, 0.15) is 5.69 Å². The average molecular weight is 261 g/mol. The van der Waals surface area contributed by atoms with Crippen LogP contribution in [-0.4, -0.2) is 22.4 Å². The van der Waals surface area contributed by atoms with Crippen LogP contribution in [0.15, 0.2) is 29.8 Å². The first-order chi connectivity index (χ1) is 8.75. The summed E-state index contributed by atoms with van der Waals surface area (Å²) < 4.78 is 0. The lowest BCUT2D eigenvalue weighted by Crippen LogP contribution is -2.25. The van der Waals surface area contributed by atoms with Crippen molar-refractivity contribution in [3.8, 4) is 0 Å². The number of pyridine rings is 1. The topological polar surface area (TPSA) is 54.9 Å². The van der Waals surface area contributed by atoms with Gasteiger partial charge in [-0.2, -0.15) is 0 Å². The molecule has 1 N–H and O–H groups in total. The van der Waals surface area contributed by atoms with Crippen LogP contribution in [0.4, 0.5) is 0 Å². The van der Waals surface area contributed by atoms with Crippen molar-refractivity contribution in [2.24, 2.45) is 0 Å². The fourth-order valence-electron chi connectivity index (χ4n) is 1.55. The average Bonchev–Trinajstić information content (AvgIpc) is 2.81. The molecule has 0 aliphatic heterocycles. The van der Waals surface area contributed by atoms with Gasteiger partial charge in [-0.1, -0.05) is 6.07 Å². The summed E-state index contributed by atoms with van der Waals surface area (Å²) >= 11 is 1.67. The summed E-state index contributed by atoms with van der Waals surface area (Å²) in [5.74, 6) is -0.120. The Labute approximate surface area is 110 Å². The Bertz CT molecular complexity index is 510. The van der Waals surface area contributed by atoms with Crippen molar-refractivity contribution in [1.82, 2.24) is 15.3 Å². The zero-order valence-electron chi connectivity index (χ0n) is 10.2. The molecule has 0 atom stereocenters. The Kier molecular flexibility index (Phi) is 4.41. The molecule has 1 amide bonds. The second kappa shape index (κ2) is 6.26. The summed E-state index contributed by atoms with van der Waals surface area (Å²) in [6.45, 7) is 2.64. The van der Waals surface area contributed by atoms with Crippen LogP contribution in [0.5, 0.6) is 0 Å². The Morgan fingerprint density at radius 3 is 3.00 bits per heavy atom. The molecule has 0 unspecified atom stereocenters. The number of amides is 1. The SMILES string of the molecule is Cc1csc(CCCNC(=O)c2ccccn2)n1. The Morgan fingerprint density at radius 1 is 1.44 bits per heavy atom. The van der Waals surface area contributed by atoms with E-state index in [1.54, 1.807) is 35.7 Å². The maximum atomic E-state index is 11.7. The molecule has 0 aliphatic carbocycles. The van der Waals surface area contributed by atoms with Crippen molar-refractivity contribution >= 4 is 17.2 Å². The van der Waals surface area contributed by atoms with Crippen LogP contribution in [0.25, 0.3) is 0 Å². The number of aromatic nitrogens is 2. The first-order valence-electron chi connectivity index (χ1n) is 5.86. The summed E-state index contributed by atoms with van der Waals surface area (Å²) in [5.41, 5.74) is 1.52. The standard InChI is InChI=1S/C13H15N3OS/c1-10-9-18-12(16-10)6-4-8-15-13(17)11-5-2-3-7-14-11/h2-3,5,7,9H,4,6,8H2,1H3,(H,15,17). The third kappa shape index (κ3) is 3.63. The largest absolute Gasteiger partial charge is 0.351 e. The summed E-state index contributed by atoms with van der Waals surface area (Å²) in [4.78, 5) is 20.0. The minimum Gasteiger partial charge on any atom is -0.351 e. The second-order valence-corrected chi connectivity index (χ2v) is 4.90. The third-order valence-corrected chi connectivity index (χ3v) is 3.44. The number of hydrogen-bond donors (Lipinski definition) is 1. The van der Waals surface area contributed by atoms with E-state index < -0.39 is 0 Å². The van der Waals surface area contributed by atoms with Crippen LogP contribution in [-0.2, 0) is 6.42 Å². The van der Waals surface area contributed by atoms with Crippen molar-refractivity contribution in [1.29, 1.82) is 0 Å². The highest BCUT2D eigenvalue weighted by Gasteiger charge is 2.05. The van der Waals surface area contributed by atoms with E-state index in [0.717, 1.165) is 23.5 Å². The van der Waals surface area contributed by atoms with E-state index in [4.69, 9.17) is 0 Å². The predicted molar refractivity (Wildman–Crippen MR) is 71.7 cm³/mol. The van der Waals surface area contributed by atoms with E-state index in [1.807, 2.05) is 12.3 Å². The molecule has 0 aliphatic rings. The van der Waals surface area contributed by atoms with Crippen molar-refractivity contribution in [2.75, 3.05) is 6.54 Å². The van der Waals surface area contributed by atoms with Crippen LogP contribution in [0, 0.1) is 6.92 Å². The molecule has 0 spiro atoms. The highest BCUT2D eigenvalue weighted by atomic mass is 32.1. The van der Waals surface area contributed by atoms with Gasteiger partial charge in [-0.15, -0.1) is 11.3 Å². The third-order valence-electron chi connectivity index (χ3n) is 2.42. The monoisotopic (exact) mass is 261 g/mol. The van der Waals surface area contributed by atoms with Crippen molar-refractivity contribution in [3.63, 3.8) is 0 Å². The van der Waals surface area contributed by atoms with E-state index in [9.17, 15) is 4.79 Å². The molecule has 0 bridgehead atoms. The molecular formula is C13H15N3OS. The zero-order valence-corrected chi connectivity index (χ0v) is 11.0. The van der Waals surface area contributed by atoms with Crippen molar-refractivity contribution < 1.29 is 4.79 Å². The van der Waals surface area contributed by atoms with Crippen LogP contribution < -0.4 is 5.32 Å². The Balaban J connectivity index is 1.71. The van der Waals surface area contributed by atoms with Crippen LogP contribution in [0.1, 0.15) is 27.6 Å². The van der Waals surface area contributed by atoms with Gasteiger partial charge in [0.2, 0.25) is 0 Å². The Morgan fingerprint density at radius 2 is 2.33 bits per heavy atom. The van der Waals surface area contributed by atoms with E-state index in [1.165, 1.54) is 0 Å². The Hall–Kier alpha value is -1.75. The molecule has 2 rings (SSSR count). The van der Waals surface area contributed by atoms with Gasteiger partial charge in [0.25, 0.3) is 5.91 Å². The molecule has 5 heteroatoms. The smallest absolute Gasteiger partial charge is 0.269 e. The number of carbonyl (C=O) groups excluding carboxylic acids is 1. The molecule has 0 saturated heterocycles. The molecule has 0 saturated carbocycles. The molecular weight excluding hydrogens is 246 g/mol. The number of carbonyl (C=O) groups is 1. The normalized spacial score (nSPS) is 10.3. The van der Waals surface area contributed by atoms with E-state index in [0.29, 0.717) is 12.2 Å². The van der Waals surface area contributed by atoms with Gasteiger partial charge in [0, 0.05) is 30.2 Å².